The number of carbonyl (C=O) groups is 1. The lowest BCUT2D eigenvalue weighted by atomic mass is 10.0. The van der Waals surface area contributed by atoms with Crippen molar-refractivity contribution in [2.45, 2.75) is 23.8 Å². The average Bonchev–Trinajstić information content (AvgIpc) is 2.64. The second kappa shape index (κ2) is 8.29. The Hall–Kier alpha value is -2.09. The van der Waals surface area contributed by atoms with Crippen LogP contribution >= 0.6 is 11.6 Å². The number of rotatable bonds is 5. The highest BCUT2D eigenvalue weighted by Crippen LogP contribution is 2.24. The molecule has 144 valence electrons. The quantitative estimate of drug-likeness (QED) is 0.798. The van der Waals surface area contributed by atoms with Crippen LogP contribution in [0.5, 0.6) is 0 Å². The van der Waals surface area contributed by atoms with Crippen LogP contribution in [-0.2, 0) is 10.0 Å². The lowest BCUT2D eigenvalue weighted by molar-refractivity contribution is 0.0917. The van der Waals surface area contributed by atoms with Gasteiger partial charge in [0.25, 0.3) is 15.9 Å². The van der Waals surface area contributed by atoms with Gasteiger partial charge in [0.1, 0.15) is 0 Å². The maximum absolute atomic E-state index is 12.5. The largest absolute Gasteiger partial charge is 0.349 e. The molecule has 0 aliphatic carbocycles. The molecule has 0 aromatic heterocycles. The Labute approximate surface area is 164 Å². The maximum Gasteiger partial charge on any atom is 0.261 e. The lowest BCUT2D eigenvalue weighted by Crippen LogP contribution is -2.43. The van der Waals surface area contributed by atoms with Crippen LogP contribution in [0.2, 0.25) is 5.02 Å². The Kier molecular flexibility index (Phi) is 6.04. The molecule has 0 saturated carbocycles. The van der Waals surface area contributed by atoms with Crippen molar-refractivity contribution in [2.24, 2.45) is 0 Å². The van der Waals surface area contributed by atoms with E-state index >= 15 is 0 Å². The SMILES string of the molecule is CN1CCC(NC(=O)c2ccc(NS(=O)(=O)c3ccccc3)cc2Cl)CC1. The van der Waals surface area contributed by atoms with Gasteiger partial charge in [-0.15, -0.1) is 0 Å². The van der Waals surface area contributed by atoms with E-state index in [0.717, 1.165) is 25.9 Å². The number of piperidine rings is 1. The first kappa shape index (κ1) is 19.7. The number of sulfonamides is 1. The normalized spacial score (nSPS) is 16.1. The molecule has 0 radical (unpaired) electrons. The van der Waals surface area contributed by atoms with Crippen LogP contribution in [0, 0.1) is 0 Å². The standard InChI is InChI=1S/C19H22ClN3O3S/c1-23-11-9-14(10-12-23)21-19(24)17-8-7-15(13-18(17)20)22-27(25,26)16-5-3-2-4-6-16/h2-8,13-14,22H,9-12H2,1H3,(H,21,24). The van der Waals surface area contributed by atoms with Crippen molar-refractivity contribution in [3.63, 3.8) is 0 Å². The number of hydrogen-bond acceptors (Lipinski definition) is 4. The lowest BCUT2D eigenvalue weighted by Gasteiger charge is -2.29. The van der Waals surface area contributed by atoms with Crippen LogP contribution in [0.25, 0.3) is 0 Å². The van der Waals surface area contributed by atoms with Crippen LogP contribution < -0.4 is 10.0 Å². The summed E-state index contributed by atoms with van der Waals surface area (Å²) in [7, 11) is -1.65. The van der Waals surface area contributed by atoms with Crippen LogP contribution in [0.4, 0.5) is 5.69 Å². The molecule has 1 aliphatic heterocycles. The Bertz CT molecular complexity index is 911. The molecule has 2 aromatic rings. The Balaban J connectivity index is 1.69. The monoisotopic (exact) mass is 407 g/mol. The zero-order chi connectivity index (χ0) is 19.4. The Morgan fingerprint density at radius 1 is 1.11 bits per heavy atom. The molecule has 2 N–H and O–H groups in total. The van der Waals surface area contributed by atoms with E-state index in [4.69, 9.17) is 11.6 Å². The van der Waals surface area contributed by atoms with Crippen molar-refractivity contribution >= 4 is 33.2 Å². The second-order valence-electron chi connectivity index (χ2n) is 6.66. The Morgan fingerprint density at radius 3 is 2.41 bits per heavy atom. The number of halogens is 1. The van der Waals surface area contributed by atoms with E-state index in [1.54, 1.807) is 18.2 Å². The van der Waals surface area contributed by atoms with E-state index in [-0.39, 0.29) is 21.9 Å². The third kappa shape index (κ3) is 5.00. The Morgan fingerprint density at radius 2 is 1.78 bits per heavy atom. The number of anilines is 1. The summed E-state index contributed by atoms with van der Waals surface area (Å²) < 4.78 is 27.2. The number of nitrogens with zero attached hydrogens (tertiary/aromatic N) is 1. The molecule has 0 atom stereocenters. The first-order valence-electron chi connectivity index (χ1n) is 8.72. The van der Waals surface area contributed by atoms with Crippen LogP contribution in [-0.4, -0.2) is 45.4 Å². The summed E-state index contributed by atoms with van der Waals surface area (Å²) in [5.41, 5.74) is 0.637. The van der Waals surface area contributed by atoms with Gasteiger partial charge >= 0.3 is 0 Å². The molecular formula is C19H22ClN3O3S. The number of likely N-dealkylation sites (tertiary alicyclic amines) is 1. The number of carbonyl (C=O) groups excluding carboxylic acids is 1. The van der Waals surface area contributed by atoms with E-state index in [9.17, 15) is 13.2 Å². The van der Waals surface area contributed by atoms with E-state index in [2.05, 4.69) is 22.0 Å². The second-order valence-corrected chi connectivity index (χ2v) is 8.75. The van der Waals surface area contributed by atoms with Gasteiger partial charge < -0.3 is 10.2 Å². The van der Waals surface area contributed by atoms with E-state index < -0.39 is 10.0 Å². The summed E-state index contributed by atoms with van der Waals surface area (Å²) >= 11 is 6.24. The summed E-state index contributed by atoms with van der Waals surface area (Å²) in [6, 6.07) is 12.7. The predicted octanol–water partition coefficient (Wildman–Crippen LogP) is 2.96. The molecule has 3 rings (SSSR count). The summed E-state index contributed by atoms with van der Waals surface area (Å²) in [4.78, 5) is 14.9. The third-order valence-electron chi connectivity index (χ3n) is 4.57. The minimum atomic E-state index is -3.70. The van der Waals surface area contributed by atoms with Gasteiger partial charge in [0.05, 0.1) is 21.2 Å². The molecule has 6 nitrogen and oxygen atoms in total. The minimum Gasteiger partial charge on any atom is -0.349 e. The fraction of sp³-hybridized carbons (Fsp3) is 0.316. The fourth-order valence-corrected chi connectivity index (χ4v) is 4.33. The van der Waals surface area contributed by atoms with Crippen molar-refractivity contribution in [1.29, 1.82) is 0 Å². The highest BCUT2D eigenvalue weighted by atomic mass is 35.5. The molecule has 1 heterocycles. The van der Waals surface area contributed by atoms with Gasteiger partial charge in [-0.3, -0.25) is 9.52 Å². The van der Waals surface area contributed by atoms with Crippen molar-refractivity contribution in [2.75, 3.05) is 24.9 Å². The van der Waals surface area contributed by atoms with Crippen LogP contribution in [0.3, 0.4) is 0 Å². The van der Waals surface area contributed by atoms with Crippen LogP contribution in [0.1, 0.15) is 23.2 Å². The van der Waals surface area contributed by atoms with Gasteiger partial charge in [0.2, 0.25) is 0 Å². The number of amides is 1. The molecule has 1 saturated heterocycles. The topological polar surface area (TPSA) is 78.5 Å². The summed E-state index contributed by atoms with van der Waals surface area (Å²) in [5.74, 6) is -0.244. The minimum absolute atomic E-state index is 0.126. The molecule has 0 spiro atoms. The van der Waals surface area contributed by atoms with Gasteiger partial charge in [0.15, 0.2) is 0 Å². The van der Waals surface area contributed by atoms with E-state index in [0.29, 0.717) is 11.3 Å². The molecular weight excluding hydrogens is 386 g/mol. The number of nitrogens with one attached hydrogen (secondary N) is 2. The molecule has 1 aliphatic rings. The summed E-state index contributed by atoms with van der Waals surface area (Å²) in [6.07, 6.45) is 1.80. The van der Waals surface area contributed by atoms with Gasteiger partial charge in [-0.1, -0.05) is 29.8 Å². The smallest absolute Gasteiger partial charge is 0.261 e. The van der Waals surface area contributed by atoms with Crippen molar-refractivity contribution < 1.29 is 13.2 Å². The summed E-state index contributed by atoms with van der Waals surface area (Å²) in [5, 5.41) is 3.20. The molecule has 1 amide bonds. The molecule has 1 fully saturated rings. The summed E-state index contributed by atoms with van der Waals surface area (Å²) in [6.45, 7) is 1.89. The highest BCUT2D eigenvalue weighted by molar-refractivity contribution is 7.92. The molecule has 2 aromatic carbocycles. The average molecular weight is 408 g/mol. The van der Waals surface area contributed by atoms with Gasteiger partial charge in [-0.25, -0.2) is 8.42 Å². The predicted molar refractivity (Wildman–Crippen MR) is 107 cm³/mol. The fourth-order valence-electron chi connectivity index (χ4n) is 2.99. The first-order chi connectivity index (χ1) is 12.8. The number of benzene rings is 2. The molecule has 0 unspecified atom stereocenters. The number of hydrogen-bond donors (Lipinski definition) is 2. The first-order valence-corrected chi connectivity index (χ1v) is 10.6. The third-order valence-corrected chi connectivity index (χ3v) is 6.28. The zero-order valence-corrected chi connectivity index (χ0v) is 16.6. The van der Waals surface area contributed by atoms with E-state index in [1.807, 2.05) is 0 Å². The van der Waals surface area contributed by atoms with Gasteiger partial charge in [-0.2, -0.15) is 0 Å². The van der Waals surface area contributed by atoms with Gasteiger partial charge in [-0.05, 0) is 63.3 Å². The maximum atomic E-state index is 12.5. The van der Waals surface area contributed by atoms with E-state index in [1.165, 1.54) is 30.3 Å². The zero-order valence-electron chi connectivity index (χ0n) is 15.0. The van der Waals surface area contributed by atoms with Crippen molar-refractivity contribution in [3.05, 3.63) is 59.1 Å². The molecule has 27 heavy (non-hydrogen) atoms. The van der Waals surface area contributed by atoms with Crippen LogP contribution in [0.15, 0.2) is 53.4 Å². The van der Waals surface area contributed by atoms with Crippen molar-refractivity contribution in [3.8, 4) is 0 Å². The highest BCUT2D eigenvalue weighted by Gasteiger charge is 2.21. The van der Waals surface area contributed by atoms with Crippen molar-refractivity contribution in [1.82, 2.24) is 10.2 Å². The molecule has 8 heteroatoms. The van der Waals surface area contributed by atoms with Gasteiger partial charge in [0, 0.05) is 6.04 Å². The molecule has 0 bridgehead atoms.